The fourth-order valence-electron chi connectivity index (χ4n) is 11.4. The number of nitrogens with zero attached hydrogens (tertiary/aromatic N) is 10. The van der Waals surface area contributed by atoms with Crippen LogP contribution in [-0.2, 0) is 0 Å². The van der Waals surface area contributed by atoms with Crippen LogP contribution in [0.15, 0.2) is 277 Å². The van der Waals surface area contributed by atoms with Crippen molar-refractivity contribution in [3.05, 3.63) is 267 Å². The van der Waals surface area contributed by atoms with Crippen molar-refractivity contribution in [2.24, 2.45) is 0 Å². The van der Waals surface area contributed by atoms with E-state index >= 15 is 0 Å². The lowest BCUT2D eigenvalue weighted by molar-refractivity contribution is 1.04. The topological polar surface area (TPSA) is 103 Å². The fraction of sp³-hybridized carbons (Fsp3) is 0. The molecule has 10 nitrogen and oxygen atoms in total. The fourth-order valence-corrected chi connectivity index (χ4v) is 12.5. The van der Waals surface area contributed by atoms with Crippen molar-refractivity contribution in [2.75, 3.05) is 4.90 Å². The van der Waals surface area contributed by atoms with Crippen LogP contribution in [-0.4, -0.2) is 44.0 Å². The van der Waals surface area contributed by atoms with Crippen molar-refractivity contribution in [1.29, 1.82) is 0 Å². The second kappa shape index (κ2) is 19.5. The number of para-hydroxylation sites is 4. The van der Waals surface area contributed by atoms with Crippen molar-refractivity contribution in [1.82, 2.24) is 44.0 Å². The minimum atomic E-state index is 0.503. The molecule has 0 aliphatic carbocycles. The van der Waals surface area contributed by atoms with Crippen LogP contribution < -0.4 is 4.90 Å². The molecule has 0 fully saturated rings. The highest BCUT2D eigenvalue weighted by atomic mass is 32.2. The largest absolute Gasteiger partial charge is 0.309 e. The molecule has 10 aromatic carbocycles. The molecule has 0 saturated heterocycles. The predicted octanol–water partition coefficient (Wildman–Crippen LogP) is 17.6. The number of benzene rings is 10. The summed E-state index contributed by atoms with van der Waals surface area (Å²) in [5.74, 6) is 4.89. The van der Waals surface area contributed by atoms with Gasteiger partial charge < -0.3 is 4.57 Å². The molecule has 0 radical (unpaired) electrons. The number of hydrogen-bond acceptors (Lipinski definition) is 9. The van der Waals surface area contributed by atoms with Gasteiger partial charge in [-0.05, 0) is 78.9 Å². The van der Waals surface area contributed by atoms with E-state index < -0.39 is 0 Å². The van der Waals surface area contributed by atoms with Gasteiger partial charge in [-0.3, -0.25) is 9.47 Å². The molecule has 15 aromatic rings. The minimum Gasteiger partial charge on any atom is -0.309 e. The second-order valence-electron chi connectivity index (χ2n) is 20.2. The maximum Gasteiger partial charge on any atom is 0.164 e. The molecule has 0 bridgehead atoms. The maximum absolute atomic E-state index is 5.58. The standard InChI is InChI=1S/C71H44N10S/c1-5-22-45(23-6-1)66-73-67(46-24-7-2-8-25-46)76-70(75-66)49-40-50(71-77-68(47-26-9-3-10-27-47)74-69(78-71)48-28-11-4-12-29-48)42-51(41-49)79-56-32-15-13-30-52(56)54-43-55-53-31-14-16-33-57(53)80(61(55)44-60(54)79)64-38-21-39-65(72-64)81-58-34-17-19-36-62(58)82-63-37-20-18-35-59(63)81/h1-44H. The van der Waals surface area contributed by atoms with Crippen molar-refractivity contribution in [3.8, 4) is 79.8 Å². The smallest absolute Gasteiger partial charge is 0.164 e. The SMILES string of the molecule is c1ccc(-c2nc(-c3ccccc3)nc(-c3cc(-c4nc(-c5ccccc5)nc(-c5ccccc5)n4)cc(-n4c5ccccc5c5cc6c7ccccc7n(-c7cccc(N8c9ccccc9Sc9ccccc98)n7)c6cc54)c3)n2)cc1. The molecular weight excluding hydrogens is 1020 g/mol. The molecule has 0 amide bonds. The monoisotopic (exact) mass is 1070 g/mol. The van der Waals surface area contributed by atoms with Gasteiger partial charge in [-0.15, -0.1) is 0 Å². The number of aromatic nitrogens is 9. The van der Waals surface area contributed by atoms with Crippen LogP contribution in [0.1, 0.15) is 0 Å². The number of hydrogen-bond donors (Lipinski definition) is 0. The molecule has 6 heterocycles. The van der Waals surface area contributed by atoms with Gasteiger partial charge in [0.05, 0.1) is 33.4 Å². The van der Waals surface area contributed by atoms with Gasteiger partial charge in [0.25, 0.3) is 0 Å². The second-order valence-corrected chi connectivity index (χ2v) is 21.2. The van der Waals surface area contributed by atoms with Crippen LogP contribution in [0, 0.1) is 0 Å². The van der Waals surface area contributed by atoms with Crippen LogP contribution in [0.3, 0.4) is 0 Å². The van der Waals surface area contributed by atoms with Gasteiger partial charge in [-0.25, -0.2) is 34.9 Å². The van der Waals surface area contributed by atoms with Gasteiger partial charge in [-0.2, -0.15) is 0 Å². The summed E-state index contributed by atoms with van der Waals surface area (Å²) >= 11 is 1.79. The molecule has 0 atom stereocenters. The van der Waals surface area contributed by atoms with Crippen molar-refractivity contribution in [2.45, 2.75) is 9.79 Å². The molecule has 0 saturated carbocycles. The minimum absolute atomic E-state index is 0.503. The molecule has 16 rings (SSSR count). The summed E-state index contributed by atoms with van der Waals surface area (Å²) in [6.45, 7) is 0. The molecule has 0 unspecified atom stereocenters. The Morgan fingerprint density at radius 1 is 0.244 bits per heavy atom. The van der Waals surface area contributed by atoms with Crippen LogP contribution >= 0.6 is 11.8 Å². The summed E-state index contributed by atoms with van der Waals surface area (Å²) in [5.41, 5.74) is 12.2. The van der Waals surface area contributed by atoms with E-state index in [1.54, 1.807) is 11.8 Å². The number of anilines is 3. The highest BCUT2D eigenvalue weighted by Gasteiger charge is 2.27. The van der Waals surface area contributed by atoms with Gasteiger partial charge in [0, 0.05) is 70.4 Å². The molecule has 384 valence electrons. The zero-order valence-electron chi connectivity index (χ0n) is 43.8. The summed E-state index contributed by atoms with van der Waals surface area (Å²) in [4.78, 5) is 41.6. The Morgan fingerprint density at radius 2 is 0.622 bits per heavy atom. The summed E-state index contributed by atoms with van der Waals surface area (Å²) in [7, 11) is 0. The quantitative estimate of drug-likeness (QED) is 0.140. The molecule has 1 aliphatic heterocycles. The first-order valence-corrected chi connectivity index (χ1v) is 28.0. The molecule has 0 N–H and O–H groups in total. The van der Waals surface area contributed by atoms with Crippen LogP contribution in [0.4, 0.5) is 17.2 Å². The Balaban J connectivity index is 0.959. The Morgan fingerprint density at radius 3 is 1.10 bits per heavy atom. The average molecular weight is 1070 g/mol. The van der Waals surface area contributed by atoms with E-state index in [0.717, 1.165) is 106 Å². The third kappa shape index (κ3) is 8.09. The lowest BCUT2D eigenvalue weighted by Crippen LogP contribution is -2.16. The maximum atomic E-state index is 5.58. The van der Waals surface area contributed by atoms with Crippen LogP contribution in [0.5, 0.6) is 0 Å². The van der Waals surface area contributed by atoms with Crippen molar-refractivity contribution < 1.29 is 0 Å². The van der Waals surface area contributed by atoms with E-state index in [4.69, 9.17) is 34.9 Å². The first-order chi connectivity index (χ1) is 40.6. The summed E-state index contributed by atoms with van der Waals surface area (Å²) in [5, 5.41) is 4.47. The molecule has 11 heteroatoms. The summed E-state index contributed by atoms with van der Waals surface area (Å²) in [6.07, 6.45) is 0. The number of fused-ring (bicyclic) bond motifs is 8. The Bertz CT molecular complexity index is 4660. The van der Waals surface area contributed by atoms with Crippen LogP contribution in [0.25, 0.3) is 123 Å². The van der Waals surface area contributed by atoms with Gasteiger partial charge in [0.1, 0.15) is 11.6 Å². The zero-order chi connectivity index (χ0) is 54.1. The van der Waals surface area contributed by atoms with E-state index in [1.165, 1.54) is 9.79 Å². The van der Waals surface area contributed by atoms with Gasteiger partial charge in [0.2, 0.25) is 0 Å². The summed E-state index contributed by atoms with van der Waals surface area (Å²) < 4.78 is 4.67. The summed E-state index contributed by atoms with van der Waals surface area (Å²) in [6, 6.07) is 92.3. The highest BCUT2D eigenvalue weighted by molar-refractivity contribution is 7.99. The van der Waals surface area contributed by atoms with Crippen LogP contribution in [0.2, 0.25) is 0 Å². The van der Waals surface area contributed by atoms with E-state index in [-0.39, 0.29) is 0 Å². The lowest BCUT2D eigenvalue weighted by atomic mass is 10.1. The Labute approximate surface area is 475 Å². The predicted molar refractivity (Wildman–Crippen MR) is 331 cm³/mol. The zero-order valence-corrected chi connectivity index (χ0v) is 44.6. The average Bonchev–Trinajstić information content (AvgIpc) is 3.57. The molecule has 5 aromatic heterocycles. The van der Waals surface area contributed by atoms with Crippen molar-refractivity contribution in [3.63, 3.8) is 0 Å². The van der Waals surface area contributed by atoms with E-state index in [0.29, 0.717) is 34.9 Å². The molecule has 0 spiro atoms. The molecule has 1 aliphatic rings. The number of pyridine rings is 1. The normalized spacial score (nSPS) is 12.1. The van der Waals surface area contributed by atoms with E-state index in [9.17, 15) is 0 Å². The highest BCUT2D eigenvalue weighted by Crippen LogP contribution is 2.51. The Hall–Kier alpha value is -10.9. The third-order valence-corrected chi connectivity index (χ3v) is 16.3. The first-order valence-electron chi connectivity index (χ1n) is 27.1. The van der Waals surface area contributed by atoms with E-state index in [1.807, 2.05) is 121 Å². The third-order valence-electron chi connectivity index (χ3n) is 15.2. The van der Waals surface area contributed by atoms with Gasteiger partial charge >= 0.3 is 0 Å². The Kier molecular flexibility index (Phi) is 11.2. The van der Waals surface area contributed by atoms with Gasteiger partial charge in [-0.1, -0.05) is 200 Å². The van der Waals surface area contributed by atoms with Gasteiger partial charge in [0.15, 0.2) is 34.9 Å². The molecular formula is C71H44N10S. The number of rotatable bonds is 9. The van der Waals surface area contributed by atoms with Crippen molar-refractivity contribution >= 4 is 72.6 Å². The van der Waals surface area contributed by atoms with E-state index in [2.05, 4.69) is 160 Å². The molecule has 82 heavy (non-hydrogen) atoms. The lowest BCUT2D eigenvalue weighted by Gasteiger charge is -2.32. The first kappa shape index (κ1) is 47.1.